The number of nitrogens with zero attached hydrogens (tertiary/aromatic N) is 1. The van der Waals surface area contributed by atoms with Crippen molar-refractivity contribution in [3.63, 3.8) is 0 Å². The highest BCUT2D eigenvalue weighted by Gasteiger charge is 2.33. The lowest BCUT2D eigenvalue weighted by molar-refractivity contribution is 0.245. The largest absolute Gasteiger partial charge is 0.314 e. The van der Waals surface area contributed by atoms with Crippen LogP contribution in [-0.4, -0.2) is 17.6 Å². The number of hydrogen-bond acceptors (Lipinski definition) is 2. The molecule has 2 nitrogen and oxygen atoms in total. The standard InChI is InChI=1S/C17H20N2/c1-2-12-3-4-13(10-17(12)18-9-1)16-8-5-14(16)11-19-15-6-7-15/h1-4,9-10,14-16,19H,5-8,11H2. The van der Waals surface area contributed by atoms with E-state index in [9.17, 15) is 0 Å². The summed E-state index contributed by atoms with van der Waals surface area (Å²) in [7, 11) is 0. The highest BCUT2D eigenvalue weighted by atomic mass is 14.9. The quantitative estimate of drug-likeness (QED) is 0.901. The molecule has 2 aliphatic carbocycles. The van der Waals surface area contributed by atoms with Crippen LogP contribution >= 0.6 is 0 Å². The monoisotopic (exact) mass is 252 g/mol. The lowest BCUT2D eigenvalue weighted by atomic mass is 9.70. The van der Waals surface area contributed by atoms with Crippen molar-refractivity contribution >= 4 is 10.9 Å². The summed E-state index contributed by atoms with van der Waals surface area (Å²) >= 11 is 0. The Balaban J connectivity index is 1.52. The Labute approximate surface area is 114 Å². The van der Waals surface area contributed by atoms with Gasteiger partial charge >= 0.3 is 0 Å². The molecule has 2 heteroatoms. The minimum atomic E-state index is 0.748. The van der Waals surface area contributed by atoms with Gasteiger partial charge in [-0.1, -0.05) is 18.2 Å². The third-order valence-corrected chi connectivity index (χ3v) is 4.72. The average Bonchev–Trinajstić information content (AvgIpc) is 3.22. The molecule has 0 amide bonds. The van der Waals surface area contributed by atoms with Crippen LogP contribution in [0.3, 0.4) is 0 Å². The number of aromatic nitrogens is 1. The van der Waals surface area contributed by atoms with E-state index in [0.29, 0.717) is 0 Å². The minimum Gasteiger partial charge on any atom is -0.314 e. The van der Waals surface area contributed by atoms with Crippen LogP contribution in [0.25, 0.3) is 10.9 Å². The summed E-state index contributed by atoms with van der Waals surface area (Å²) in [5, 5.41) is 4.93. The third-order valence-electron chi connectivity index (χ3n) is 4.72. The van der Waals surface area contributed by atoms with E-state index in [1.54, 1.807) is 0 Å². The van der Waals surface area contributed by atoms with Gasteiger partial charge in [-0.25, -0.2) is 0 Å². The van der Waals surface area contributed by atoms with Gasteiger partial charge in [-0.15, -0.1) is 0 Å². The maximum Gasteiger partial charge on any atom is 0.0704 e. The van der Waals surface area contributed by atoms with E-state index >= 15 is 0 Å². The molecule has 98 valence electrons. The van der Waals surface area contributed by atoms with Crippen molar-refractivity contribution in [1.29, 1.82) is 0 Å². The Morgan fingerprint density at radius 2 is 2.05 bits per heavy atom. The van der Waals surface area contributed by atoms with Gasteiger partial charge in [-0.3, -0.25) is 4.98 Å². The molecule has 2 unspecified atom stereocenters. The lowest BCUT2D eigenvalue weighted by Gasteiger charge is -2.37. The van der Waals surface area contributed by atoms with E-state index < -0.39 is 0 Å². The maximum absolute atomic E-state index is 4.48. The first-order valence-electron chi connectivity index (χ1n) is 7.48. The normalized spacial score (nSPS) is 26.3. The average molecular weight is 252 g/mol. The van der Waals surface area contributed by atoms with E-state index in [-0.39, 0.29) is 0 Å². The van der Waals surface area contributed by atoms with Crippen LogP contribution in [-0.2, 0) is 0 Å². The molecule has 1 N–H and O–H groups in total. The van der Waals surface area contributed by atoms with E-state index in [1.165, 1.54) is 43.2 Å². The van der Waals surface area contributed by atoms with Crippen molar-refractivity contribution in [1.82, 2.24) is 10.3 Å². The smallest absolute Gasteiger partial charge is 0.0704 e. The number of benzene rings is 1. The van der Waals surface area contributed by atoms with Crippen molar-refractivity contribution in [3.8, 4) is 0 Å². The number of rotatable bonds is 4. The summed E-state index contributed by atoms with van der Waals surface area (Å²) in [5.41, 5.74) is 2.63. The van der Waals surface area contributed by atoms with Crippen molar-refractivity contribution in [3.05, 3.63) is 42.1 Å². The van der Waals surface area contributed by atoms with Gasteiger partial charge in [0.1, 0.15) is 0 Å². The first-order valence-corrected chi connectivity index (χ1v) is 7.48. The fourth-order valence-corrected chi connectivity index (χ4v) is 3.17. The van der Waals surface area contributed by atoms with Crippen molar-refractivity contribution < 1.29 is 0 Å². The molecule has 2 fully saturated rings. The summed E-state index contributed by atoms with van der Waals surface area (Å²) in [4.78, 5) is 4.48. The van der Waals surface area contributed by atoms with Gasteiger partial charge in [-0.05, 0) is 61.8 Å². The molecule has 1 aromatic heterocycles. The van der Waals surface area contributed by atoms with E-state index in [4.69, 9.17) is 0 Å². The summed E-state index contributed by atoms with van der Waals surface area (Å²) in [6, 6.07) is 11.8. The Morgan fingerprint density at radius 1 is 1.11 bits per heavy atom. The molecule has 0 saturated heterocycles. The van der Waals surface area contributed by atoms with Gasteiger partial charge in [0.25, 0.3) is 0 Å². The van der Waals surface area contributed by atoms with Gasteiger partial charge in [0.15, 0.2) is 0 Å². The van der Waals surface area contributed by atoms with Crippen LogP contribution in [0.2, 0.25) is 0 Å². The highest BCUT2D eigenvalue weighted by Crippen LogP contribution is 2.43. The van der Waals surface area contributed by atoms with Crippen LogP contribution in [0.4, 0.5) is 0 Å². The fraction of sp³-hybridized carbons (Fsp3) is 0.471. The van der Waals surface area contributed by atoms with Crippen LogP contribution in [0.1, 0.15) is 37.2 Å². The summed E-state index contributed by atoms with van der Waals surface area (Å²) in [6.07, 6.45) is 7.38. The molecular formula is C17H20N2. The SMILES string of the molecule is c1cnc2cc(C3CCC3CNC3CC3)ccc2c1. The molecule has 0 aliphatic heterocycles. The van der Waals surface area contributed by atoms with Gasteiger partial charge in [0.2, 0.25) is 0 Å². The molecule has 2 aliphatic rings. The minimum absolute atomic E-state index is 0.748. The molecular weight excluding hydrogens is 232 g/mol. The predicted octanol–water partition coefficient (Wildman–Crippen LogP) is 3.48. The molecule has 1 aromatic carbocycles. The Morgan fingerprint density at radius 3 is 2.84 bits per heavy atom. The Hall–Kier alpha value is -1.41. The molecule has 0 spiro atoms. The van der Waals surface area contributed by atoms with Gasteiger partial charge in [-0.2, -0.15) is 0 Å². The number of nitrogens with one attached hydrogen (secondary N) is 1. The molecule has 2 saturated carbocycles. The third kappa shape index (κ3) is 2.25. The fourth-order valence-electron chi connectivity index (χ4n) is 3.17. The molecule has 0 bridgehead atoms. The number of pyridine rings is 1. The second-order valence-corrected chi connectivity index (χ2v) is 6.08. The first kappa shape index (κ1) is 11.4. The number of hydrogen-bond donors (Lipinski definition) is 1. The van der Waals surface area contributed by atoms with E-state index in [2.05, 4.69) is 34.6 Å². The molecule has 0 radical (unpaired) electrons. The predicted molar refractivity (Wildman–Crippen MR) is 78.2 cm³/mol. The van der Waals surface area contributed by atoms with E-state index in [1.807, 2.05) is 12.3 Å². The van der Waals surface area contributed by atoms with E-state index in [0.717, 1.165) is 23.4 Å². The van der Waals surface area contributed by atoms with Crippen molar-refractivity contribution in [2.24, 2.45) is 5.92 Å². The zero-order valence-corrected chi connectivity index (χ0v) is 11.2. The van der Waals surface area contributed by atoms with Gasteiger partial charge in [0.05, 0.1) is 5.52 Å². The van der Waals surface area contributed by atoms with Gasteiger partial charge < -0.3 is 5.32 Å². The summed E-state index contributed by atoms with van der Waals surface area (Å²) < 4.78 is 0. The highest BCUT2D eigenvalue weighted by molar-refractivity contribution is 5.79. The van der Waals surface area contributed by atoms with Crippen molar-refractivity contribution in [2.75, 3.05) is 6.54 Å². The second-order valence-electron chi connectivity index (χ2n) is 6.08. The summed E-state index contributed by atoms with van der Waals surface area (Å²) in [6.45, 7) is 1.20. The maximum atomic E-state index is 4.48. The van der Waals surface area contributed by atoms with Crippen LogP contribution in [0.15, 0.2) is 36.5 Å². The van der Waals surface area contributed by atoms with Crippen molar-refractivity contribution in [2.45, 2.75) is 37.6 Å². The van der Waals surface area contributed by atoms with Crippen LogP contribution in [0, 0.1) is 5.92 Å². The van der Waals surface area contributed by atoms with Crippen LogP contribution in [0.5, 0.6) is 0 Å². The number of fused-ring (bicyclic) bond motifs is 1. The Kier molecular flexibility index (Phi) is 2.77. The zero-order valence-electron chi connectivity index (χ0n) is 11.2. The molecule has 4 rings (SSSR count). The molecule has 19 heavy (non-hydrogen) atoms. The lowest BCUT2D eigenvalue weighted by Crippen LogP contribution is -2.34. The topological polar surface area (TPSA) is 24.9 Å². The zero-order chi connectivity index (χ0) is 12.7. The Bertz CT molecular complexity index is 589. The molecule has 1 heterocycles. The van der Waals surface area contributed by atoms with Crippen LogP contribution < -0.4 is 5.32 Å². The first-order chi connectivity index (χ1) is 9.40. The van der Waals surface area contributed by atoms with Gasteiger partial charge in [0, 0.05) is 17.6 Å². The molecule has 2 aromatic rings. The molecule has 2 atom stereocenters. The summed E-state index contributed by atoms with van der Waals surface area (Å²) in [5.74, 6) is 1.58. The second kappa shape index (κ2) is 4.61.